The van der Waals surface area contributed by atoms with Crippen molar-refractivity contribution in [3.8, 4) is 0 Å². The minimum absolute atomic E-state index is 0.0467. The molecule has 0 radical (unpaired) electrons. The number of hydrogen-bond acceptors (Lipinski definition) is 4. The Labute approximate surface area is 113 Å². The number of carbonyl (C=O) groups excluding carboxylic acids is 1. The zero-order valence-electron chi connectivity index (χ0n) is 10.1. The predicted molar refractivity (Wildman–Crippen MR) is 75.1 cm³/mol. The van der Waals surface area contributed by atoms with Crippen molar-refractivity contribution in [2.24, 2.45) is 0 Å². The molecule has 0 atom stereocenters. The lowest BCUT2D eigenvalue weighted by atomic mass is 10.2. The Hall–Kier alpha value is -2.21. The first-order valence-corrected chi connectivity index (χ1v) is 6.81. The summed E-state index contributed by atoms with van der Waals surface area (Å²) in [5, 5.41) is 11.9. The van der Waals surface area contributed by atoms with E-state index < -0.39 is 0 Å². The van der Waals surface area contributed by atoms with Crippen molar-refractivity contribution < 1.29 is 4.79 Å². The van der Waals surface area contributed by atoms with Crippen molar-refractivity contribution in [1.82, 2.24) is 14.8 Å². The lowest BCUT2D eigenvalue weighted by Crippen LogP contribution is -2.14. The van der Waals surface area contributed by atoms with Gasteiger partial charge in [0.15, 0.2) is 0 Å². The van der Waals surface area contributed by atoms with Crippen molar-refractivity contribution in [3.05, 3.63) is 42.0 Å². The Bertz CT molecular complexity index is 690. The summed E-state index contributed by atoms with van der Waals surface area (Å²) in [5.41, 5.74) is 2.74. The number of rotatable bonds is 4. The molecule has 0 saturated heterocycles. The third-order valence-corrected chi connectivity index (χ3v) is 3.47. The fraction of sp³-hybridized carbons (Fsp3) is 0.154. The van der Waals surface area contributed by atoms with Gasteiger partial charge in [-0.3, -0.25) is 4.79 Å². The number of anilines is 1. The van der Waals surface area contributed by atoms with E-state index in [-0.39, 0.29) is 5.91 Å². The van der Waals surface area contributed by atoms with Gasteiger partial charge in [0.25, 0.3) is 0 Å². The molecule has 0 saturated carbocycles. The van der Waals surface area contributed by atoms with Gasteiger partial charge in [0.05, 0.1) is 0 Å². The zero-order chi connectivity index (χ0) is 13.1. The smallest absolute Gasteiger partial charge is 0.227 e. The van der Waals surface area contributed by atoms with Gasteiger partial charge in [-0.05, 0) is 17.5 Å². The second-order valence-electron chi connectivity index (χ2n) is 4.11. The van der Waals surface area contributed by atoms with Crippen molar-refractivity contribution in [3.63, 3.8) is 0 Å². The molecule has 1 aromatic carbocycles. The molecular formula is C13H12N4OS. The maximum atomic E-state index is 11.8. The summed E-state index contributed by atoms with van der Waals surface area (Å²) >= 11 is 1.32. The first-order valence-electron chi connectivity index (χ1n) is 5.93. The van der Waals surface area contributed by atoms with Crippen LogP contribution in [-0.4, -0.2) is 20.7 Å². The first kappa shape index (κ1) is 11.9. The molecule has 5 nitrogen and oxygen atoms in total. The highest BCUT2D eigenvalue weighted by molar-refractivity contribution is 7.13. The SMILES string of the molecule is O=C(CCn1ccc2ccccc21)Nc1nncs1. The van der Waals surface area contributed by atoms with Crippen LogP contribution in [0.2, 0.25) is 0 Å². The Morgan fingerprint density at radius 1 is 1.32 bits per heavy atom. The van der Waals surface area contributed by atoms with Gasteiger partial charge in [0.1, 0.15) is 5.51 Å². The quantitative estimate of drug-likeness (QED) is 0.794. The van der Waals surface area contributed by atoms with E-state index in [4.69, 9.17) is 0 Å². The van der Waals surface area contributed by atoms with Crippen LogP contribution < -0.4 is 5.32 Å². The van der Waals surface area contributed by atoms with Crippen molar-refractivity contribution >= 4 is 33.3 Å². The fourth-order valence-electron chi connectivity index (χ4n) is 1.97. The predicted octanol–water partition coefficient (Wildman–Crippen LogP) is 2.52. The standard InChI is InChI=1S/C13H12N4OS/c18-12(15-13-16-14-9-19-13)6-8-17-7-5-10-3-1-2-4-11(10)17/h1-5,7,9H,6,8H2,(H,15,16,18). The van der Waals surface area contributed by atoms with E-state index in [9.17, 15) is 4.79 Å². The number of fused-ring (bicyclic) bond motifs is 1. The largest absolute Gasteiger partial charge is 0.347 e. The molecule has 0 aliphatic rings. The number of aryl methyl sites for hydroxylation is 1. The van der Waals surface area contributed by atoms with E-state index in [0.29, 0.717) is 18.1 Å². The molecule has 0 bridgehead atoms. The maximum absolute atomic E-state index is 11.8. The number of nitrogens with one attached hydrogen (secondary N) is 1. The second kappa shape index (κ2) is 5.19. The van der Waals surface area contributed by atoms with Gasteiger partial charge in [-0.1, -0.05) is 29.5 Å². The van der Waals surface area contributed by atoms with Crippen LogP contribution in [0.15, 0.2) is 42.0 Å². The number of nitrogens with zero attached hydrogens (tertiary/aromatic N) is 3. The average Bonchev–Trinajstić information content (AvgIpc) is 3.05. The second-order valence-corrected chi connectivity index (χ2v) is 4.94. The van der Waals surface area contributed by atoms with Crippen LogP contribution in [0, 0.1) is 0 Å². The van der Waals surface area contributed by atoms with Crippen molar-refractivity contribution in [2.75, 3.05) is 5.32 Å². The molecule has 6 heteroatoms. The van der Waals surface area contributed by atoms with E-state index in [1.54, 1.807) is 5.51 Å². The molecule has 0 aliphatic carbocycles. The van der Waals surface area contributed by atoms with Crippen LogP contribution in [0.1, 0.15) is 6.42 Å². The van der Waals surface area contributed by atoms with Gasteiger partial charge in [-0.2, -0.15) is 0 Å². The Morgan fingerprint density at radius 3 is 3.05 bits per heavy atom. The molecule has 19 heavy (non-hydrogen) atoms. The van der Waals surface area contributed by atoms with E-state index in [1.807, 2.05) is 18.3 Å². The maximum Gasteiger partial charge on any atom is 0.227 e. The molecule has 96 valence electrons. The highest BCUT2D eigenvalue weighted by atomic mass is 32.1. The van der Waals surface area contributed by atoms with Gasteiger partial charge in [0.2, 0.25) is 11.0 Å². The number of amides is 1. The molecule has 2 aromatic heterocycles. The minimum atomic E-state index is -0.0467. The summed E-state index contributed by atoms with van der Waals surface area (Å²) in [6.45, 7) is 0.651. The normalized spacial score (nSPS) is 10.7. The molecule has 3 rings (SSSR count). The molecule has 0 aliphatic heterocycles. The number of hydrogen-bond donors (Lipinski definition) is 1. The summed E-state index contributed by atoms with van der Waals surface area (Å²) < 4.78 is 2.08. The van der Waals surface area contributed by atoms with Crippen LogP contribution >= 0.6 is 11.3 Å². The topological polar surface area (TPSA) is 59.8 Å². The minimum Gasteiger partial charge on any atom is -0.347 e. The fourth-order valence-corrected chi connectivity index (χ4v) is 2.43. The van der Waals surface area contributed by atoms with Crippen LogP contribution in [0.4, 0.5) is 5.13 Å². The lowest BCUT2D eigenvalue weighted by Gasteiger charge is -2.05. The van der Waals surface area contributed by atoms with Crippen LogP contribution in [-0.2, 0) is 11.3 Å². The van der Waals surface area contributed by atoms with Gasteiger partial charge in [0, 0.05) is 24.7 Å². The number of para-hydroxylation sites is 1. The average molecular weight is 272 g/mol. The Kier molecular flexibility index (Phi) is 3.24. The molecule has 0 spiro atoms. The summed E-state index contributed by atoms with van der Waals surface area (Å²) in [7, 11) is 0. The van der Waals surface area contributed by atoms with Crippen LogP contribution in [0.25, 0.3) is 10.9 Å². The summed E-state index contributed by atoms with van der Waals surface area (Å²) in [6, 6.07) is 10.2. The molecule has 0 unspecified atom stereocenters. The summed E-state index contributed by atoms with van der Waals surface area (Å²) in [4.78, 5) is 11.8. The van der Waals surface area contributed by atoms with Crippen molar-refractivity contribution in [1.29, 1.82) is 0 Å². The Balaban J connectivity index is 1.64. The summed E-state index contributed by atoms with van der Waals surface area (Å²) in [6.07, 6.45) is 2.42. The molecule has 1 amide bonds. The lowest BCUT2D eigenvalue weighted by molar-refractivity contribution is -0.116. The molecule has 1 N–H and O–H groups in total. The third-order valence-electron chi connectivity index (χ3n) is 2.87. The van der Waals surface area contributed by atoms with E-state index in [1.165, 1.54) is 16.7 Å². The number of aromatic nitrogens is 3. The molecule has 0 fully saturated rings. The van der Waals surface area contributed by atoms with Crippen LogP contribution in [0.5, 0.6) is 0 Å². The van der Waals surface area contributed by atoms with Crippen LogP contribution in [0.3, 0.4) is 0 Å². The summed E-state index contributed by atoms with van der Waals surface area (Å²) in [5.74, 6) is -0.0467. The molecular weight excluding hydrogens is 260 g/mol. The molecule has 2 heterocycles. The van der Waals surface area contributed by atoms with Gasteiger partial charge >= 0.3 is 0 Å². The molecule has 3 aromatic rings. The number of benzene rings is 1. The van der Waals surface area contributed by atoms with Gasteiger partial charge in [-0.15, -0.1) is 10.2 Å². The van der Waals surface area contributed by atoms with E-state index >= 15 is 0 Å². The number of carbonyl (C=O) groups is 1. The highest BCUT2D eigenvalue weighted by Gasteiger charge is 2.06. The van der Waals surface area contributed by atoms with Gasteiger partial charge < -0.3 is 9.88 Å². The van der Waals surface area contributed by atoms with E-state index in [2.05, 4.69) is 38.3 Å². The van der Waals surface area contributed by atoms with Crippen molar-refractivity contribution in [2.45, 2.75) is 13.0 Å². The van der Waals surface area contributed by atoms with Gasteiger partial charge in [-0.25, -0.2) is 0 Å². The zero-order valence-corrected chi connectivity index (χ0v) is 10.9. The highest BCUT2D eigenvalue weighted by Crippen LogP contribution is 2.15. The Morgan fingerprint density at radius 2 is 2.21 bits per heavy atom. The third kappa shape index (κ3) is 2.63. The first-order chi connectivity index (χ1) is 9.33. The monoisotopic (exact) mass is 272 g/mol. The van der Waals surface area contributed by atoms with E-state index in [0.717, 1.165) is 5.52 Å².